The number of benzene rings is 1. The number of ketones is 1. The molecule has 0 aliphatic heterocycles. The standard InChI is InChI=1S/C14H15NO5/c1-8-3-5-9(6-4-8)15-12-11(17)10(16)7-14(12,19)13(18)20-2/h3-6,15,17,19H,7H2,1-2H3. The van der Waals surface area contributed by atoms with Gasteiger partial charge >= 0.3 is 5.97 Å². The number of hydrogen-bond acceptors (Lipinski definition) is 6. The van der Waals surface area contributed by atoms with Crippen molar-refractivity contribution in [3.8, 4) is 0 Å². The van der Waals surface area contributed by atoms with Crippen LogP contribution in [0.2, 0.25) is 0 Å². The number of allylic oxidation sites excluding steroid dienone is 1. The summed E-state index contributed by atoms with van der Waals surface area (Å²) in [4.78, 5) is 23.2. The molecule has 1 aliphatic rings. The van der Waals surface area contributed by atoms with Crippen molar-refractivity contribution in [2.24, 2.45) is 0 Å². The van der Waals surface area contributed by atoms with Crippen molar-refractivity contribution in [2.45, 2.75) is 18.9 Å². The van der Waals surface area contributed by atoms with Crippen molar-refractivity contribution < 1.29 is 24.5 Å². The third-order valence-electron chi connectivity index (χ3n) is 3.17. The summed E-state index contributed by atoms with van der Waals surface area (Å²) in [6.07, 6.45) is -0.542. The molecule has 0 heterocycles. The van der Waals surface area contributed by atoms with Crippen molar-refractivity contribution >= 4 is 17.4 Å². The van der Waals surface area contributed by atoms with E-state index in [0.29, 0.717) is 5.69 Å². The number of aliphatic hydroxyl groups is 2. The average Bonchev–Trinajstić information content (AvgIpc) is 2.65. The summed E-state index contributed by atoms with van der Waals surface area (Å²) in [5.41, 5.74) is -0.868. The summed E-state index contributed by atoms with van der Waals surface area (Å²) in [6.45, 7) is 1.91. The molecule has 0 radical (unpaired) electrons. The zero-order chi connectivity index (χ0) is 14.9. The molecule has 0 bridgehead atoms. The largest absolute Gasteiger partial charge is 0.503 e. The molecule has 6 heteroatoms. The van der Waals surface area contributed by atoms with Gasteiger partial charge in [0.25, 0.3) is 0 Å². The Hall–Kier alpha value is -2.34. The van der Waals surface area contributed by atoms with Gasteiger partial charge in [0.2, 0.25) is 11.4 Å². The van der Waals surface area contributed by atoms with Crippen LogP contribution in [0.5, 0.6) is 0 Å². The molecule has 0 amide bonds. The van der Waals surface area contributed by atoms with Gasteiger partial charge in [0.15, 0.2) is 5.76 Å². The Kier molecular flexibility index (Phi) is 3.50. The maximum Gasteiger partial charge on any atom is 0.344 e. The second kappa shape index (κ2) is 4.97. The molecule has 1 unspecified atom stereocenters. The third kappa shape index (κ3) is 2.25. The van der Waals surface area contributed by atoms with Crippen LogP contribution in [0.1, 0.15) is 12.0 Å². The number of ether oxygens (including phenoxy) is 1. The molecule has 0 spiro atoms. The van der Waals surface area contributed by atoms with E-state index in [-0.39, 0.29) is 5.70 Å². The third-order valence-corrected chi connectivity index (χ3v) is 3.17. The first-order valence-electron chi connectivity index (χ1n) is 6.00. The van der Waals surface area contributed by atoms with Crippen molar-refractivity contribution in [2.75, 3.05) is 12.4 Å². The van der Waals surface area contributed by atoms with E-state index in [1.54, 1.807) is 12.1 Å². The lowest BCUT2D eigenvalue weighted by molar-refractivity contribution is -0.159. The normalized spacial score (nSPS) is 22.1. The number of rotatable bonds is 3. The predicted molar refractivity (Wildman–Crippen MR) is 71.0 cm³/mol. The average molecular weight is 277 g/mol. The number of carbonyl (C=O) groups is 2. The van der Waals surface area contributed by atoms with Crippen LogP contribution in [0.3, 0.4) is 0 Å². The van der Waals surface area contributed by atoms with Crippen LogP contribution in [0, 0.1) is 6.92 Å². The van der Waals surface area contributed by atoms with Crippen molar-refractivity contribution in [3.05, 3.63) is 41.3 Å². The van der Waals surface area contributed by atoms with E-state index in [1.807, 2.05) is 19.1 Å². The zero-order valence-electron chi connectivity index (χ0n) is 11.1. The maximum atomic E-state index is 11.7. The van der Waals surface area contributed by atoms with Crippen molar-refractivity contribution in [1.29, 1.82) is 0 Å². The zero-order valence-corrected chi connectivity index (χ0v) is 11.1. The van der Waals surface area contributed by atoms with Gasteiger partial charge in [0.05, 0.1) is 13.5 Å². The monoisotopic (exact) mass is 277 g/mol. The van der Waals surface area contributed by atoms with Gasteiger partial charge < -0.3 is 20.3 Å². The van der Waals surface area contributed by atoms with Gasteiger partial charge in [0, 0.05) is 5.69 Å². The first-order chi connectivity index (χ1) is 9.38. The summed E-state index contributed by atoms with van der Waals surface area (Å²) in [5.74, 6) is -2.37. The highest BCUT2D eigenvalue weighted by molar-refractivity contribution is 6.05. The summed E-state index contributed by atoms with van der Waals surface area (Å²) in [6, 6.07) is 7.04. The van der Waals surface area contributed by atoms with E-state index >= 15 is 0 Å². The molecule has 0 aromatic heterocycles. The lowest BCUT2D eigenvalue weighted by Gasteiger charge is -2.23. The molecular weight excluding hydrogens is 262 g/mol. The fraction of sp³-hybridized carbons (Fsp3) is 0.286. The molecule has 3 N–H and O–H groups in total. The minimum absolute atomic E-state index is 0.252. The molecule has 1 aliphatic carbocycles. The fourth-order valence-electron chi connectivity index (χ4n) is 2.03. The Morgan fingerprint density at radius 2 is 1.95 bits per heavy atom. The lowest BCUT2D eigenvalue weighted by Crippen LogP contribution is -2.42. The van der Waals surface area contributed by atoms with Gasteiger partial charge in [0.1, 0.15) is 5.70 Å². The number of methoxy groups -OCH3 is 1. The lowest BCUT2D eigenvalue weighted by atomic mass is 10.0. The quantitative estimate of drug-likeness (QED) is 0.715. The molecule has 0 saturated carbocycles. The van der Waals surface area contributed by atoms with Gasteiger partial charge in [-0.3, -0.25) is 4.79 Å². The van der Waals surface area contributed by atoms with Gasteiger partial charge in [-0.05, 0) is 19.1 Å². The Morgan fingerprint density at radius 1 is 1.35 bits per heavy atom. The smallest absolute Gasteiger partial charge is 0.344 e. The predicted octanol–water partition coefficient (Wildman–Crippen LogP) is 1.05. The molecule has 1 aromatic rings. The van der Waals surface area contributed by atoms with Gasteiger partial charge in [-0.2, -0.15) is 0 Å². The van der Waals surface area contributed by atoms with E-state index in [0.717, 1.165) is 12.7 Å². The number of aliphatic hydroxyl groups excluding tert-OH is 1. The maximum absolute atomic E-state index is 11.7. The first-order valence-corrected chi connectivity index (χ1v) is 6.00. The second-order valence-corrected chi connectivity index (χ2v) is 4.67. The highest BCUT2D eigenvalue weighted by Crippen LogP contribution is 2.34. The topological polar surface area (TPSA) is 95.9 Å². The van der Waals surface area contributed by atoms with Crippen LogP contribution in [-0.4, -0.2) is 34.7 Å². The van der Waals surface area contributed by atoms with Crippen LogP contribution < -0.4 is 5.32 Å². The summed E-state index contributed by atoms with van der Waals surface area (Å²) >= 11 is 0. The van der Waals surface area contributed by atoms with Crippen LogP contribution in [0.15, 0.2) is 35.7 Å². The Morgan fingerprint density at radius 3 is 2.50 bits per heavy atom. The molecule has 2 rings (SSSR count). The van der Waals surface area contributed by atoms with Gasteiger partial charge in [-0.25, -0.2) is 4.79 Å². The molecule has 0 saturated heterocycles. The first kappa shape index (κ1) is 14.1. The SMILES string of the molecule is COC(=O)C1(O)CC(=O)C(O)=C1Nc1ccc(C)cc1. The molecule has 20 heavy (non-hydrogen) atoms. The number of nitrogens with one attached hydrogen (secondary N) is 1. The molecular formula is C14H15NO5. The fourth-order valence-corrected chi connectivity index (χ4v) is 2.03. The van der Waals surface area contributed by atoms with Crippen LogP contribution in [0.4, 0.5) is 5.69 Å². The summed E-state index contributed by atoms with van der Waals surface area (Å²) < 4.78 is 4.49. The van der Waals surface area contributed by atoms with E-state index < -0.39 is 29.5 Å². The van der Waals surface area contributed by atoms with E-state index in [1.165, 1.54) is 0 Å². The van der Waals surface area contributed by atoms with Gasteiger partial charge in [-0.1, -0.05) is 17.7 Å². The number of hydrogen-bond donors (Lipinski definition) is 3. The van der Waals surface area contributed by atoms with E-state index in [4.69, 9.17) is 0 Å². The van der Waals surface area contributed by atoms with Crippen LogP contribution in [-0.2, 0) is 14.3 Å². The second-order valence-electron chi connectivity index (χ2n) is 4.67. The molecule has 6 nitrogen and oxygen atoms in total. The number of carbonyl (C=O) groups excluding carboxylic acids is 2. The van der Waals surface area contributed by atoms with Gasteiger partial charge in [-0.15, -0.1) is 0 Å². The van der Waals surface area contributed by atoms with E-state index in [2.05, 4.69) is 10.1 Å². The number of aryl methyl sites for hydroxylation is 1. The Bertz CT molecular complexity index is 590. The summed E-state index contributed by atoms with van der Waals surface area (Å²) in [5, 5.41) is 22.8. The molecule has 0 fully saturated rings. The minimum Gasteiger partial charge on any atom is -0.503 e. The van der Waals surface area contributed by atoms with Crippen LogP contribution >= 0.6 is 0 Å². The van der Waals surface area contributed by atoms with E-state index in [9.17, 15) is 19.8 Å². The highest BCUT2D eigenvalue weighted by Gasteiger charge is 2.52. The number of esters is 1. The molecule has 1 atom stereocenters. The minimum atomic E-state index is -2.18. The summed E-state index contributed by atoms with van der Waals surface area (Å²) in [7, 11) is 1.10. The van der Waals surface area contributed by atoms with Crippen molar-refractivity contribution in [1.82, 2.24) is 0 Å². The van der Waals surface area contributed by atoms with Crippen LogP contribution in [0.25, 0.3) is 0 Å². The Labute approximate surface area is 115 Å². The van der Waals surface area contributed by atoms with Crippen molar-refractivity contribution in [3.63, 3.8) is 0 Å². The molecule has 1 aromatic carbocycles. The number of anilines is 1. The highest BCUT2D eigenvalue weighted by atomic mass is 16.5. The number of Topliss-reactive ketones (excluding diaryl/α,β-unsaturated/α-hetero) is 1. The molecule has 106 valence electrons. The Balaban J connectivity index is 2.37.